The van der Waals surface area contributed by atoms with Gasteiger partial charge in [-0.25, -0.2) is 0 Å². The highest BCUT2D eigenvalue weighted by molar-refractivity contribution is 5.70. The molecule has 0 aliphatic carbocycles. The van der Waals surface area contributed by atoms with Crippen molar-refractivity contribution in [3.8, 4) is 0 Å². The molecule has 0 aromatic carbocycles. The predicted octanol–water partition coefficient (Wildman–Crippen LogP) is 1.86. The van der Waals surface area contributed by atoms with Gasteiger partial charge in [-0.2, -0.15) is 0 Å². The molecular formula is C38H64O15. The molecule has 0 bridgehead atoms. The Hall–Kier alpha value is -2.28. The number of aliphatic hydroxyl groups is 7. The van der Waals surface area contributed by atoms with Crippen molar-refractivity contribution in [3.05, 3.63) is 36.5 Å². The number of hydrogen-bond acceptors (Lipinski definition) is 15. The molecule has 2 fully saturated rings. The Labute approximate surface area is 313 Å². The topological polar surface area (TPSA) is 231 Å². The Kier molecular flexibility index (Phi) is 24.2. The van der Waals surface area contributed by atoms with Crippen LogP contribution in [0, 0.1) is 0 Å². The molecule has 2 saturated heterocycles. The van der Waals surface area contributed by atoms with E-state index in [4.69, 9.17) is 28.4 Å². The van der Waals surface area contributed by atoms with Crippen LogP contribution in [0.15, 0.2) is 36.5 Å². The summed E-state index contributed by atoms with van der Waals surface area (Å²) in [5.74, 6) is -0.993. The van der Waals surface area contributed by atoms with E-state index < -0.39 is 99.3 Å². The number of ether oxygens (including phenoxy) is 6. The summed E-state index contributed by atoms with van der Waals surface area (Å²) < 4.78 is 32.9. The minimum absolute atomic E-state index is 0.144. The van der Waals surface area contributed by atoms with Crippen LogP contribution in [0.5, 0.6) is 0 Å². The van der Waals surface area contributed by atoms with E-state index in [0.717, 1.165) is 57.8 Å². The summed E-state index contributed by atoms with van der Waals surface area (Å²) in [6.45, 7) is 2.13. The molecule has 2 rings (SSSR count). The van der Waals surface area contributed by atoms with E-state index in [1.807, 2.05) is 6.92 Å². The molecule has 306 valence electrons. The lowest BCUT2D eigenvalue weighted by molar-refractivity contribution is -0.332. The summed E-state index contributed by atoms with van der Waals surface area (Å²) in [5, 5.41) is 71.2. The zero-order valence-electron chi connectivity index (χ0n) is 31.2. The summed E-state index contributed by atoms with van der Waals surface area (Å²) in [7, 11) is 0. The summed E-state index contributed by atoms with van der Waals surface area (Å²) in [5.41, 5.74) is 0. The maximum Gasteiger partial charge on any atom is 0.306 e. The average Bonchev–Trinajstić information content (AvgIpc) is 3.15. The van der Waals surface area contributed by atoms with Crippen molar-refractivity contribution in [2.75, 3.05) is 26.4 Å². The fraction of sp³-hybridized carbons (Fsp3) is 0.789. The highest BCUT2D eigenvalue weighted by atomic mass is 16.7. The van der Waals surface area contributed by atoms with Crippen LogP contribution >= 0.6 is 0 Å². The number of esters is 2. The third-order valence-electron chi connectivity index (χ3n) is 8.88. The van der Waals surface area contributed by atoms with Crippen molar-refractivity contribution in [1.82, 2.24) is 0 Å². The van der Waals surface area contributed by atoms with Gasteiger partial charge in [-0.1, -0.05) is 76.0 Å². The molecule has 2 aliphatic rings. The van der Waals surface area contributed by atoms with Crippen LogP contribution in [0.2, 0.25) is 0 Å². The van der Waals surface area contributed by atoms with Crippen molar-refractivity contribution >= 4 is 11.9 Å². The first-order valence-electron chi connectivity index (χ1n) is 19.1. The molecule has 0 spiro atoms. The van der Waals surface area contributed by atoms with Crippen LogP contribution in [0.25, 0.3) is 0 Å². The fourth-order valence-electron chi connectivity index (χ4n) is 5.62. The number of rotatable bonds is 26. The maximum atomic E-state index is 12.7. The number of aliphatic hydroxyl groups excluding tert-OH is 7. The summed E-state index contributed by atoms with van der Waals surface area (Å²) in [4.78, 5) is 24.9. The number of unbranched alkanes of at least 4 members (excludes halogenated alkanes) is 6. The van der Waals surface area contributed by atoms with Gasteiger partial charge >= 0.3 is 11.9 Å². The molecule has 53 heavy (non-hydrogen) atoms. The molecule has 2 aliphatic heterocycles. The number of carbonyl (C=O) groups excluding carboxylic acids is 2. The second kappa shape index (κ2) is 27.3. The van der Waals surface area contributed by atoms with Gasteiger partial charge in [0, 0.05) is 12.8 Å². The van der Waals surface area contributed by atoms with Crippen molar-refractivity contribution in [3.63, 3.8) is 0 Å². The Morgan fingerprint density at radius 2 is 1.19 bits per heavy atom. The molecule has 11 unspecified atom stereocenters. The smallest absolute Gasteiger partial charge is 0.306 e. The van der Waals surface area contributed by atoms with Gasteiger partial charge in [-0.3, -0.25) is 9.59 Å². The summed E-state index contributed by atoms with van der Waals surface area (Å²) in [6, 6.07) is 0. The van der Waals surface area contributed by atoms with E-state index in [2.05, 4.69) is 43.4 Å². The molecule has 0 radical (unpaired) electrons. The van der Waals surface area contributed by atoms with Crippen LogP contribution in [0.4, 0.5) is 0 Å². The highest BCUT2D eigenvalue weighted by Crippen LogP contribution is 2.26. The number of allylic oxidation sites excluding steroid dienone is 6. The van der Waals surface area contributed by atoms with Crippen molar-refractivity contribution in [1.29, 1.82) is 0 Å². The monoisotopic (exact) mass is 760 g/mol. The lowest BCUT2D eigenvalue weighted by Gasteiger charge is -2.42. The molecule has 15 nitrogen and oxygen atoms in total. The molecule has 11 atom stereocenters. The van der Waals surface area contributed by atoms with Crippen LogP contribution in [-0.4, -0.2) is 142 Å². The standard InChI is InChI=1S/C38H64O15/c1-3-5-7-8-9-10-11-12-13-14-15-16-17-18-19-21-30(41)51-26(23-48-29(40)20-6-4-2)24-49-37-36(47)34(45)32(43)28(53-37)25-50-38-35(46)33(44)31(42)27(22-39)52-38/h5,7,9-10,12-13,26-28,31-39,42-47H,3-4,6,8,11,14-25H2,1-2H3/b7-5-,10-9-,13-12-. The van der Waals surface area contributed by atoms with Crippen molar-refractivity contribution < 1.29 is 73.8 Å². The second-order valence-corrected chi connectivity index (χ2v) is 13.4. The van der Waals surface area contributed by atoms with Gasteiger partial charge < -0.3 is 64.2 Å². The molecular weight excluding hydrogens is 696 g/mol. The first-order valence-corrected chi connectivity index (χ1v) is 19.1. The molecule has 0 aromatic heterocycles. The normalized spacial score (nSPS) is 30.0. The molecule has 15 heteroatoms. The van der Waals surface area contributed by atoms with Gasteiger partial charge in [0.1, 0.15) is 55.4 Å². The zero-order valence-corrected chi connectivity index (χ0v) is 31.2. The fourth-order valence-corrected chi connectivity index (χ4v) is 5.62. The van der Waals surface area contributed by atoms with Gasteiger partial charge in [0.25, 0.3) is 0 Å². The minimum atomic E-state index is -1.76. The largest absolute Gasteiger partial charge is 0.462 e. The van der Waals surface area contributed by atoms with E-state index >= 15 is 0 Å². The Morgan fingerprint density at radius 1 is 0.623 bits per heavy atom. The van der Waals surface area contributed by atoms with E-state index in [-0.39, 0.29) is 19.4 Å². The van der Waals surface area contributed by atoms with Crippen LogP contribution in [-0.2, 0) is 38.0 Å². The third-order valence-corrected chi connectivity index (χ3v) is 8.88. The average molecular weight is 761 g/mol. The van der Waals surface area contributed by atoms with Crippen molar-refractivity contribution in [2.24, 2.45) is 0 Å². The first kappa shape index (κ1) is 46.9. The predicted molar refractivity (Wildman–Crippen MR) is 192 cm³/mol. The van der Waals surface area contributed by atoms with Gasteiger partial charge in [-0.15, -0.1) is 0 Å². The molecule has 0 aromatic rings. The molecule has 2 heterocycles. The van der Waals surface area contributed by atoms with Gasteiger partial charge in [0.2, 0.25) is 0 Å². The quantitative estimate of drug-likeness (QED) is 0.0379. The van der Waals surface area contributed by atoms with E-state index in [9.17, 15) is 45.3 Å². The Balaban J connectivity index is 1.83. The van der Waals surface area contributed by atoms with Crippen LogP contribution < -0.4 is 0 Å². The van der Waals surface area contributed by atoms with Crippen LogP contribution in [0.1, 0.15) is 97.3 Å². The number of hydrogen-bond donors (Lipinski definition) is 7. The van der Waals surface area contributed by atoms with Crippen molar-refractivity contribution in [2.45, 2.75) is 165 Å². The third kappa shape index (κ3) is 17.8. The molecule has 0 saturated carbocycles. The van der Waals surface area contributed by atoms with E-state index in [1.165, 1.54) is 0 Å². The number of carbonyl (C=O) groups is 2. The van der Waals surface area contributed by atoms with Gasteiger partial charge in [0.15, 0.2) is 18.7 Å². The maximum absolute atomic E-state index is 12.7. The van der Waals surface area contributed by atoms with E-state index in [0.29, 0.717) is 12.8 Å². The summed E-state index contributed by atoms with van der Waals surface area (Å²) in [6.07, 6.45) is 6.32. The van der Waals surface area contributed by atoms with Gasteiger partial charge in [-0.05, 0) is 44.9 Å². The van der Waals surface area contributed by atoms with E-state index in [1.54, 1.807) is 0 Å². The molecule has 0 amide bonds. The SMILES string of the molecule is CC/C=C\C/C=C\C/C=C\CCCCCCCC(=O)OC(COC(=O)CCCC)COC1OC(COC2OC(CO)C(O)C(O)C2O)C(O)C(O)C1O. The zero-order chi connectivity index (χ0) is 39.0. The Morgan fingerprint density at radius 3 is 1.85 bits per heavy atom. The second-order valence-electron chi connectivity index (χ2n) is 13.4. The lowest BCUT2D eigenvalue weighted by atomic mass is 9.98. The lowest BCUT2D eigenvalue weighted by Crippen LogP contribution is -2.61. The highest BCUT2D eigenvalue weighted by Gasteiger charge is 2.47. The van der Waals surface area contributed by atoms with Gasteiger partial charge in [0.05, 0.1) is 19.8 Å². The van der Waals surface area contributed by atoms with Crippen LogP contribution in [0.3, 0.4) is 0 Å². The summed E-state index contributed by atoms with van der Waals surface area (Å²) >= 11 is 0. The Bertz CT molecular complexity index is 1080. The first-order chi connectivity index (χ1) is 25.5. The minimum Gasteiger partial charge on any atom is -0.462 e. The molecule has 7 N–H and O–H groups in total.